The van der Waals surface area contributed by atoms with Crippen molar-refractivity contribution in [2.24, 2.45) is 0 Å². The van der Waals surface area contributed by atoms with Gasteiger partial charge in [0.1, 0.15) is 6.61 Å². The number of nitrogens with zero attached hydrogens (tertiary/aromatic N) is 1. The molecule has 28 heavy (non-hydrogen) atoms. The number of rotatable bonds is 8. The summed E-state index contributed by atoms with van der Waals surface area (Å²) in [5.74, 6) is 1.98. The lowest BCUT2D eigenvalue weighted by molar-refractivity contribution is -0.125. The van der Waals surface area contributed by atoms with Crippen LogP contribution >= 0.6 is 11.8 Å². The third-order valence-electron chi connectivity index (χ3n) is 4.35. The molecule has 0 radical (unpaired) electrons. The highest BCUT2D eigenvalue weighted by molar-refractivity contribution is 7.99. The van der Waals surface area contributed by atoms with Crippen molar-refractivity contribution in [3.63, 3.8) is 0 Å². The first-order valence-electron chi connectivity index (χ1n) is 9.24. The second-order valence-corrected chi connectivity index (χ2v) is 7.35. The van der Waals surface area contributed by atoms with E-state index < -0.39 is 0 Å². The number of methoxy groups -OCH3 is 1. The monoisotopic (exact) mass is 400 g/mol. The third-order valence-corrected chi connectivity index (χ3v) is 5.39. The van der Waals surface area contributed by atoms with Gasteiger partial charge in [-0.2, -0.15) is 0 Å². The van der Waals surface area contributed by atoms with Gasteiger partial charge in [0.2, 0.25) is 11.8 Å². The van der Waals surface area contributed by atoms with E-state index >= 15 is 0 Å². The Bertz CT molecular complexity index is 828. The first kappa shape index (κ1) is 20.1. The molecule has 2 aromatic rings. The van der Waals surface area contributed by atoms with Crippen molar-refractivity contribution >= 4 is 29.3 Å². The Balaban J connectivity index is 1.39. The Kier molecular flexibility index (Phi) is 7.19. The first-order valence-corrected chi connectivity index (χ1v) is 10.2. The van der Waals surface area contributed by atoms with Crippen molar-refractivity contribution in [2.45, 2.75) is 17.7 Å². The number of para-hydroxylation sites is 3. The van der Waals surface area contributed by atoms with Crippen molar-refractivity contribution < 1.29 is 19.1 Å². The number of thioether (sulfide) groups is 1. The SMILES string of the molecule is COc1ccccc1OCCNC(=O)CCC(=O)N1CCSc2ccccc21. The number of benzene rings is 2. The van der Waals surface area contributed by atoms with Crippen LogP contribution in [0.5, 0.6) is 11.5 Å². The van der Waals surface area contributed by atoms with Crippen LogP contribution in [-0.4, -0.2) is 44.4 Å². The van der Waals surface area contributed by atoms with Gasteiger partial charge in [-0.15, -0.1) is 11.8 Å². The molecule has 1 aliphatic rings. The van der Waals surface area contributed by atoms with E-state index in [1.54, 1.807) is 23.8 Å². The van der Waals surface area contributed by atoms with Crippen LogP contribution in [0.2, 0.25) is 0 Å². The maximum absolute atomic E-state index is 12.5. The molecule has 2 amide bonds. The summed E-state index contributed by atoms with van der Waals surface area (Å²) in [6.45, 7) is 1.37. The van der Waals surface area contributed by atoms with Crippen LogP contribution in [0.15, 0.2) is 53.4 Å². The average molecular weight is 401 g/mol. The summed E-state index contributed by atoms with van der Waals surface area (Å²) in [4.78, 5) is 27.5. The van der Waals surface area contributed by atoms with Crippen LogP contribution in [0.3, 0.4) is 0 Å². The molecule has 0 spiro atoms. The number of carbonyl (C=O) groups is 2. The van der Waals surface area contributed by atoms with Crippen molar-refractivity contribution in [1.29, 1.82) is 0 Å². The molecule has 148 valence electrons. The second kappa shape index (κ2) is 10.0. The molecule has 0 fully saturated rings. The van der Waals surface area contributed by atoms with Crippen LogP contribution in [-0.2, 0) is 9.59 Å². The van der Waals surface area contributed by atoms with E-state index in [9.17, 15) is 9.59 Å². The van der Waals surface area contributed by atoms with Gasteiger partial charge in [-0.3, -0.25) is 9.59 Å². The van der Waals surface area contributed by atoms with Crippen LogP contribution in [0.4, 0.5) is 5.69 Å². The standard InChI is InChI=1S/C21H24N2O4S/c1-26-17-7-3-4-8-18(17)27-14-12-22-20(24)10-11-21(25)23-13-15-28-19-9-5-2-6-16(19)23/h2-9H,10-15H2,1H3,(H,22,24). The van der Waals surface area contributed by atoms with Gasteiger partial charge >= 0.3 is 0 Å². The summed E-state index contributed by atoms with van der Waals surface area (Å²) in [5, 5.41) is 2.79. The maximum atomic E-state index is 12.5. The normalized spacial score (nSPS) is 12.8. The maximum Gasteiger partial charge on any atom is 0.227 e. The molecule has 1 N–H and O–H groups in total. The number of hydrogen-bond acceptors (Lipinski definition) is 5. The molecule has 1 heterocycles. The van der Waals surface area contributed by atoms with Crippen molar-refractivity contribution in [3.05, 3.63) is 48.5 Å². The van der Waals surface area contributed by atoms with Crippen LogP contribution in [0, 0.1) is 0 Å². The Labute approximate surface area is 169 Å². The number of ether oxygens (including phenoxy) is 2. The molecule has 0 saturated carbocycles. The van der Waals surface area contributed by atoms with Gasteiger partial charge in [-0.05, 0) is 24.3 Å². The molecular weight excluding hydrogens is 376 g/mol. The van der Waals surface area contributed by atoms with E-state index in [1.807, 2.05) is 48.5 Å². The molecule has 0 bridgehead atoms. The Morgan fingerprint density at radius 3 is 2.64 bits per heavy atom. The van der Waals surface area contributed by atoms with Gasteiger partial charge in [-0.25, -0.2) is 0 Å². The van der Waals surface area contributed by atoms with Crippen molar-refractivity contribution in [3.8, 4) is 11.5 Å². The van der Waals surface area contributed by atoms with Crippen molar-refractivity contribution in [2.75, 3.05) is 37.5 Å². The number of nitrogens with one attached hydrogen (secondary N) is 1. The third kappa shape index (κ3) is 5.19. The number of fused-ring (bicyclic) bond motifs is 1. The van der Waals surface area contributed by atoms with Gasteiger partial charge in [-0.1, -0.05) is 24.3 Å². The average Bonchev–Trinajstić information content (AvgIpc) is 2.75. The topological polar surface area (TPSA) is 67.9 Å². The highest BCUT2D eigenvalue weighted by atomic mass is 32.2. The van der Waals surface area contributed by atoms with E-state index in [-0.39, 0.29) is 24.7 Å². The van der Waals surface area contributed by atoms with Gasteiger partial charge in [0.05, 0.1) is 19.3 Å². The van der Waals surface area contributed by atoms with Gasteiger partial charge in [0, 0.05) is 30.0 Å². The molecule has 1 aliphatic heterocycles. The summed E-state index contributed by atoms with van der Waals surface area (Å²) in [6, 6.07) is 15.2. The lowest BCUT2D eigenvalue weighted by atomic mass is 10.2. The lowest BCUT2D eigenvalue weighted by Crippen LogP contribution is -2.36. The molecule has 0 saturated heterocycles. The van der Waals surface area contributed by atoms with Crippen LogP contribution in [0.1, 0.15) is 12.8 Å². The zero-order chi connectivity index (χ0) is 19.8. The smallest absolute Gasteiger partial charge is 0.227 e. The van der Waals surface area contributed by atoms with Crippen LogP contribution < -0.4 is 19.7 Å². The quantitative estimate of drug-likeness (QED) is 0.690. The highest BCUT2D eigenvalue weighted by Gasteiger charge is 2.22. The van der Waals surface area contributed by atoms with Crippen LogP contribution in [0.25, 0.3) is 0 Å². The second-order valence-electron chi connectivity index (χ2n) is 6.21. The van der Waals surface area contributed by atoms with E-state index in [0.717, 1.165) is 16.3 Å². The van der Waals surface area contributed by atoms with E-state index in [2.05, 4.69) is 5.32 Å². The molecule has 0 aliphatic carbocycles. The molecule has 0 aromatic heterocycles. The zero-order valence-electron chi connectivity index (χ0n) is 15.8. The van der Waals surface area contributed by atoms with E-state index in [1.165, 1.54) is 0 Å². The minimum Gasteiger partial charge on any atom is -0.493 e. The van der Waals surface area contributed by atoms with Gasteiger partial charge in [0.15, 0.2) is 11.5 Å². The summed E-state index contributed by atoms with van der Waals surface area (Å²) >= 11 is 1.75. The molecule has 7 heteroatoms. The summed E-state index contributed by atoms with van der Waals surface area (Å²) in [6.07, 6.45) is 0.359. The van der Waals surface area contributed by atoms with Crippen molar-refractivity contribution in [1.82, 2.24) is 5.32 Å². The molecule has 0 atom stereocenters. The summed E-state index contributed by atoms with van der Waals surface area (Å²) in [5.41, 5.74) is 0.939. The number of amides is 2. The molecule has 3 rings (SSSR count). The van der Waals surface area contributed by atoms with E-state index in [4.69, 9.17) is 9.47 Å². The molecule has 6 nitrogen and oxygen atoms in total. The largest absolute Gasteiger partial charge is 0.493 e. The molecule has 0 unspecified atom stereocenters. The number of anilines is 1. The fraction of sp³-hybridized carbons (Fsp3) is 0.333. The Morgan fingerprint density at radius 2 is 1.82 bits per heavy atom. The number of hydrogen-bond donors (Lipinski definition) is 1. The minimum absolute atomic E-state index is 0.0202. The number of carbonyl (C=O) groups excluding carboxylic acids is 2. The Morgan fingerprint density at radius 1 is 1.07 bits per heavy atom. The Hall–Kier alpha value is -2.67. The van der Waals surface area contributed by atoms with Gasteiger partial charge < -0.3 is 19.7 Å². The lowest BCUT2D eigenvalue weighted by Gasteiger charge is -2.29. The highest BCUT2D eigenvalue weighted by Crippen LogP contribution is 2.34. The predicted molar refractivity (Wildman–Crippen MR) is 110 cm³/mol. The fourth-order valence-electron chi connectivity index (χ4n) is 2.96. The molecule has 2 aromatic carbocycles. The summed E-state index contributed by atoms with van der Waals surface area (Å²) < 4.78 is 10.8. The van der Waals surface area contributed by atoms with E-state index in [0.29, 0.717) is 31.2 Å². The minimum atomic E-state index is -0.156. The first-order chi connectivity index (χ1) is 13.7. The zero-order valence-corrected chi connectivity index (χ0v) is 16.7. The predicted octanol–water partition coefficient (Wildman–Crippen LogP) is 3.11. The fourth-order valence-corrected chi connectivity index (χ4v) is 3.96. The summed E-state index contributed by atoms with van der Waals surface area (Å²) in [7, 11) is 1.58. The molecular formula is C21H24N2O4S. The van der Waals surface area contributed by atoms with Gasteiger partial charge in [0.25, 0.3) is 0 Å².